The molecular formula is C24H26ClN3O4. The molecule has 168 valence electrons. The van der Waals surface area contributed by atoms with Crippen LogP contribution in [0.25, 0.3) is 10.9 Å². The fraction of sp³-hybridized carbons (Fsp3) is 0.333. The lowest BCUT2D eigenvalue weighted by Gasteiger charge is -2.30. The summed E-state index contributed by atoms with van der Waals surface area (Å²) >= 11 is 6.04. The normalized spacial score (nSPS) is 11.9. The number of halogens is 1. The van der Waals surface area contributed by atoms with Gasteiger partial charge >= 0.3 is 5.97 Å². The number of hydrogen-bond acceptors (Lipinski definition) is 5. The number of carbonyl (C=O) groups is 2. The third kappa shape index (κ3) is 5.34. The van der Waals surface area contributed by atoms with Gasteiger partial charge in [0.25, 0.3) is 5.56 Å². The fourth-order valence-corrected chi connectivity index (χ4v) is 3.75. The number of carbonyl (C=O) groups excluding carboxylic acids is 2. The van der Waals surface area contributed by atoms with Crippen molar-refractivity contribution in [3.63, 3.8) is 0 Å². The first kappa shape index (κ1) is 23.5. The van der Waals surface area contributed by atoms with Gasteiger partial charge < -0.3 is 9.64 Å². The van der Waals surface area contributed by atoms with Gasteiger partial charge in [-0.05, 0) is 37.6 Å². The molecule has 3 rings (SSSR count). The summed E-state index contributed by atoms with van der Waals surface area (Å²) < 4.78 is 6.39. The van der Waals surface area contributed by atoms with Crippen molar-refractivity contribution in [2.75, 3.05) is 6.61 Å². The zero-order valence-corrected chi connectivity index (χ0v) is 19.1. The number of nitrogens with zero attached hydrogens (tertiary/aromatic N) is 3. The van der Waals surface area contributed by atoms with Crippen molar-refractivity contribution < 1.29 is 14.3 Å². The Hall–Kier alpha value is -3.19. The lowest BCUT2D eigenvalue weighted by atomic mass is 10.1. The largest absolute Gasteiger partial charge is 0.466 e. The van der Waals surface area contributed by atoms with Gasteiger partial charge in [0, 0.05) is 25.0 Å². The second-order valence-corrected chi connectivity index (χ2v) is 7.92. The molecule has 0 aliphatic heterocycles. The maximum Gasteiger partial charge on any atom is 0.306 e. The summed E-state index contributed by atoms with van der Waals surface area (Å²) in [4.78, 5) is 44.2. The number of hydrogen-bond donors (Lipinski definition) is 0. The van der Waals surface area contributed by atoms with Crippen molar-refractivity contribution in [1.29, 1.82) is 0 Å². The summed E-state index contributed by atoms with van der Waals surface area (Å²) in [5.74, 6) is -0.189. The summed E-state index contributed by atoms with van der Waals surface area (Å²) in [5, 5.41) is 0.872. The molecule has 0 aliphatic rings. The highest BCUT2D eigenvalue weighted by molar-refractivity contribution is 6.31. The molecule has 32 heavy (non-hydrogen) atoms. The first-order chi connectivity index (χ1) is 15.3. The second kappa shape index (κ2) is 10.4. The molecule has 0 aliphatic carbocycles. The highest BCUT2D eigenvalue weighted by Gasteiger charge is 2.26. The quantitative estimate of drug-likeness (QED) is 0.479. The molecule has 2 aromatic carbocycles. The lowest BCUT2D eigenvalue weighted by molar-refractivity contribution is -0.146. The molecule has 0 saturated heterocycles. The SMILES string of the molecule is CCOC(=O)CCC(=O)N(Cc1ccccc1)C(C)c1nc2ccc(Cl)cc2c(=O)n1C. The Morgan fingerprint density at radius 3 is 2.56 bits per heavy atom. The Morgan fingerprint density at radius 2 is 1.88 bits per heavy atom. The average molecular weight is 456 g/mol. The van der Waals surface area contributed by atoms with E-state index in [1.165, 1.54) is 4.57 Å². The third-order valence-electron chi connectivity index (χ3n) is 5.28. The standard InChI is InChI=1S/C24H26ClN3O4/c1-4-32-22(30)13-12-21(29)28(15-17-8-6-5-7-9-17)16(2)23-26-20-11-10-18(25)14-19(20)24(31)27(23)3/h5-11,14,16H,4,12-13,15H2,1-3H3. The minimum Gasteiger partial charge on any atom is -0.466 e. The molecule has 3 aromatic rings. The van der Waals surface area contributed by atoms with Gasteiger partial charge in [-0.3, -0.25) is 19.0 Å². The minimum atomic E-state index is -0.511. The molecule has 1 aromatic heterocycles. The van der Waals surface area contributed by atoms with Crippen LogP contribution in [0.15, 0.2) is 53.3 Å². The van der Waals surface area contributed by atoms with Crippen molar-refractivity contribution in [3.8, 4) is 0 Å². The molecule has 0 saturated carbocycles. The molecule has 1 heterocycles. The second-order valence-electron chi connectivity index (χ2n) is 7.48. The fourth-order valence-electron chi connectivity index (χ4n) is 3.58. The molecule has 0 bridgehead atoms. The van der Waals surface area contributed by atoms with E-state index >= 15 is 0 Å². The highest BCUT2D eigenvalue weighted by atomic mass is 35.5. The van der Waals surface area contributed by atoms with Crippen molar-refractivity contribution >= 4 is 34.4 Å². The van der Waals surface area contributed by atoms with Crippen LogP contribution in [0.5, 0.6) is 0 Å². The Bertz CT molecular complexity index is 1180. The van der Waals surface area contributed by atoms with Crippen LogP contribution in [-0.2, 0) is 27.9 Å². The summed E-state index contributed by atoms with van der Waals surface area (Å²) in [5.41, 5.74) is 1.21. The van der Waals surface area contributed by atoms with Gasteiger partial charge in [0.2, 0.25) is 5.91 Å². The maximum atomic E-state index is 13.2. The Morgan fingerprint density at radius 1 is 1.16 bits per heavy atom. The summed E-state index contributed by atoms with van der Waals surface area (Å²) in [6.45, 7) is 4.14. The zero-order valence-electron chi connectivity index (χ0n) is 18.4. The van der Waals surface area contributed by atoms with E-state index < -0.39 is 12.0 Å². The average Bonchev–Trinajstić information content (AvgIpc) is 2.79. The molecule has 1 amide bonds. The Labute approximate surface area is 191 Å². The third-order valence-corrected chi connectivity index (χ3v) is 5.51. The van der Waals surface area contributed by atoms with Crippen LogP contribution < -0.4 is 5.56 Å². The van der Waals surface area contributed by atoms with Crippen molar-refractivity contribution in [3.05, 3.63) is 75.3 Å². The van der Waals surface area contributed by atoms with E-state index in [4.69, 9.17) is 16.3 Å². The van der Waals surface area contributed by atoms with Crippen LogP contribution in [0, 0.1) is 0 Å². The Kier molecular flexibility index (Phi) is 7.64. The Balaban J connectivity index is 1.97. The van der Waals surface area contributed by atoms with E-state index in [0.717, 1.165) is 5.56 Å². The van der Waals surface area contributed by atoms with Crippen molar-refractivity contribution in [2.45, 2.75) is 39.3 Å². The van der Waals surface area contributed by atoms with Crippen LogP contribution in [0.1, 0.15) is 44.1 Å². The molecule has 0 fully saturated rings. The first-order valence-electron chi connectivity index (χ1n) is 10.5. The highest BCUT2D eigenvalue weighted by Crippen LogP contribution is 2.24. The minimum absolute atomic E-state index is 0.00668. The summed E-state index contributed by atoms with van der Waals surface area (Å²) in [6.07, 6.45) is 0.000401. The van der Waals surface area contributed by atoms with Crippen molar-refractivity contribution in [1.82, 2.24) is 14.5 Å². The molecule has 1 unspecified atom stereocenters. The van der Waals surface area contributed by atoms with Gasteiger partial charge in [0.05, 0.1) is 30.0 Å². The smallest absolute Gasteiger partial charge is 0.306 e. The van der Waals surface area contributed by atoms with Gasteiger partial charge in [-0.2, -0.15) is 0 Å². The molecular weight excluding hydrogens is 430 g/mol. The van der Waals surface area contributed by atoms with Crippen LogP contribution in [-0.4, -0.2) is 32.9 Å². The van der Waals surface area contributed by atoms with E-state index in [1.807, 2.05) is 37.3 Å². The van der Waals surface area contributed by atoms with E-state index in [1.54, 1.807) is 37.1 Å². The predicted octanol–water partition coefficient (Wildman–Crippen LogP) is 4.02. The van der Waals surface area contributed by atoms with Gasteiger partial charge in [-0.1, -0.05) is 41.9 Å². The monoisotopic (exact) mass is 455 g/mol. The maximum absolute atomic E-state index is 13.2. The van der Waals surface area contributed by atoms with E-state index in [2.05, 4.69) is 4.98 Å². The summed E-state index contributed by atoms with van der Waals surface area (Å²) in [7, 11) is 1.63. The van der Waals surface area contributed by atoms with E-state index in [0.29, 0.717) is 28.3 Å². The number of ether oxygens (including phenoxy) is 1. The molecule has 0 spiro atoms. The van der Waals surface area contributed by atoms with Gasteiger partial charge in [0.1, 0.15) is 5.82 Å². The zero-order chi connectivity index (χ0) is 23.3. The van der Waals surface area contributed by atoms with Gasteiger partial charge in [-0.25, -0.2) is 4.98 Å². The number of esters is 1. The number of aromatic nitrogens is 2. The number of benzene rings is 2. The first-order valence-corrected chi connectivity index (χ1v) is 10.8. The molecule has 1 atom stereocenters. The van der Waals surface area contributed by atoms with Crippen LogP contribution in [0.4, 0.5) is 0 Å². The van der Waals surface area contributed by atoms with Crippen molar-refractivity contribution in [2.24, 2.45) is 7.05 Å². The number of fused-ring (bicyclic) bond motifs is 1. The molecule has 8 heteroatoms. The van der Waals surface area contributed by atoms with Crippen LogP contribution in [0.3, 0.4) is 0 Å². The topological polar surface area (TPSA) is 81.5 Å². The molecule has 0 N–H and O–H groups in total. The number of amides is 1. The lowest BCUT2D eigenvalue weighted by Crippen LogP contribution is -2.37. The molecule has 7 nitrogen and oxygen atoms in total. The van der Waals surface area contributed by atoms with E-state index in [9.17, 15) is 14.4 Å². The van der Waals surface area contributed by atoms with Crippen LogP contribution in [0.2, 0.25) is 5.02 Å². The van der Waals surface area contributed by atoms with Gasteiger partial charge in [0.15, 0.2) is 0 Å². The van der Waals surface area contributed by atoms with Gasteiger partial charge in [-0.15, -0.1) is 0 Å². The number of rotatable bonds is 8. The predicted molar refractivity (Wildman–Crippen MR) is 123 cm³/mol. The summed E-state index contributed by atoms with van der Waals surface area (Å²) in [6, 6.07) is 14.0. The molecule has 0 radical (unpaired) electrons. The van der Waals surface area contributed by atoms with Crippen LogP contribution >= 0.6 is 11.6 Å². The van der Waals surface area contributed by atoms with E-state index in [-0.39, 0.29) is 30.9 Å².